The van der Waals surface area contributed by atoms with Gasteiger partial charge in [-0.3, -0.25) is 0 Å². The third-order valence-corrected chi connectivity index (χ3v) is 5.82. The van der Waals surface area contributed by atoms with Gasteiger partial charge in [0.25, 0.3) is 10.0 Å². The molecule has 0 bridgehead atoms. The monoisotopic (exact) mass is 278 g/mol. The first-order valence-electron chi connectivity index (χ1n) is 5.18. The van der Waals surface area contributed by atoms with Crippen LogP contribution in [0.2, 0.25) is 0 Å². The van der Waals surface area contributed by atoms with Crippen molar-refractivity contribution >= 4 is 26.5 Å². The maximum absolute atomic E-state index is 12.1. The smallest absolute Gasteiger partial charge is 0.272 e. The van der Waals surface area contributed by atoms with Gasteiger partial charge in [-0.25, -0.2) is 8.42 Å². The third kappa shape index (κ3) is 2.41. The summed E-state index contributed by atoms with van der Waals surface area (Å²) in [5, 5.41) is 16.6. The van der Waals surface area contributed by atoms with Crippen LogP contribution in [0.5, 0.6) is 0 Å². The average molecular weight is 278 g/mol. The van der Waals surface area contributed by atoms with Gasteiger partial charge in [-0.15, -0.1) is 10.2 Å². The van der Waals surface area contributed by atoms with E-state index in [9.17, 15) is 13.5 Å². The molecule has 0 radical (unpaired) electrons. The summed E-state index contributed by atoms with van der Waals surface area (Å²) in [5.74, 6) is -0.0185. The van der Waals surface area contributed by atoms with E-state index in [0.29, 0.717) is 19.5 Å². The van der Waals surface area contributed by atoms with Crippen LogP contribution < -0.4 is 5.73 Å². The number of aliphatic hydroxyl groups is 1. The van der Waals surface area contributed by atoms with Gasteiger partial charge in [0.05, 0.1) is 6.10 Å². The molecule has 2 unspecified atom stereocenters. The summed E-state index contributed by atoms with van der Waals surface area (Å²) in [6, 6.07) is 0. The zero-order chi connectivity index (χ0) is 12.6. The minimum atomic E-state index is -3.60. The molecule has 1 fully saturated rings. The first-order valence-corrected chi connectivity index (χ1v) is 7.44. The number of sulfonamides is 1. The number of nitrogens with two attached hydrogens (primary N) is 1. The van der Waals surface area contributed by atoms with Crippen molar-refractivity contribution in [1.82, 2.24) is 14.5 Å². The summed E-state index contributed by atoms with van der Waals surface area (Å²) in [6.07, 6.45) is 0.153. The van der Waals surface area contributed by atoms with Gasteiger partial charge in [-0.1, -0.05) is 11.3 Å². The van der Waals surface area contributed by atoms with Crippen LogP contribution in [0.3, 0.4) is 0 Å². The SMILES string of the molecule is CC(O)C1CCN(S(=O)(=O)c2nnc(N)s2)C1. The van der Waals surface area contributed by atoms with Crippen molar-refractivity contribution in [3.63, 3.8) is 0 Å². The molecule has 2 heterocycles. The highest BCUT2D eigenvalue weighted by molar-refractivity contribution is 7.91. The van der Waals surface area contributed by atoms with Crippen LogP contribution in [0.15, 0.2) is 4.34 Å². The Morgan fingerprint density at radius 2 is 2.29 bits per heavy atom. The van der Waals surface area contributed by atoms with Crippen molar-refractivity contribution in [2.24, 2.45) is 5.92 Å². The Balaban J connectivity index is 2.18. The zero-order valence-electron chi connectivity index (χ0n) is 9.28. The van der Waals surface area contributed by atoms with Crippen molar-refractivity contribution in [3.8, 4) is 0 Å². The van der Waals surface area contributed by atoms with Crippen LogP contribution >= 0.6 is 11.3 Å². The van der Waals surface area contributed by atoms with Gasteiger partial charge in [0.15, 0.2) is 0 Å². The number of aromatic nitrogens is 2. The van der Waals surface area contributed by atoms with E-state index in [0.717, 1.165) is 11.3 Å². The molecule has 17 heavy (non-hydrogen) atoms. The summed E-state index contributed by atoms with van der Waals surface area (Å²) in [6.45, 7) is 2.39. The lowest BCUT2D eigenvalue weighted by atomic mass is 10.0. The Morgan fingerprint density at radius 3 is 2.76 bits per heavy atom. The van der Waals surface area contributed by atoms with Crippen molar-refractivity contribution in [1.29, 1.82) is 0 Å². The van der Waals surface area contributed by atoms with Gasteiger partial charge in [-0.05, 0) is 19.3 Å². The second-order valence-electron chi connectivity index (χ2n) is 4.06. The Morgan fingerprint density at radius 1 is 1.59 bits per heavy atom. The molecule has 96 valence electrons. The molecular formula is C8H14N4O3S2. The minimum Gasteiger partial charge on any atom is -0.393 e. The van der Waals surface area contributed by atoms with Gasteiger partial charge in [-0.2, -0.15) is 4.31 Å². The number of rotatable bonds is 3. The van der Waals surface area contributed by atoms with E-state index < -0.39 is 16.1 Å². The molecule has 1 aromatic rings. The summed E-state index contributed by atoms with van der Waals surface area (Å²) in [7, 11) is -3.60. The molecule has 1 aromatic heterocycles. The highest BCUT2D eigenvalue weighted by Gasteiger charge is 2.36. The Labute approximate surface area is 103 Å². The topological polar surface area (TPSA) is 109 Å². The van der Waals surface area contributed by atoms with E-state index in [1.165, 1.54) is 4.31 Å². The molecular weight excluding hydrogens is 264 g/mol. The standard InChI is InChI=1S/C8H14N4O3S2/c1-5(13)6-2-3-12(4-6)17(14,15)8-11-10-7(9)16-8/h5-6,13H,2-4H2,1H3,(H2,9,10). The molecule has 1 saturated heterocycles. The van der Waals surface area contributed by atoms with E-state index in [1.807, 2.05) is 0 Å². The third-order valence-electron chi connectivity index (χ3n) is 2.85. The molecule has 0 saturated carbocycles. The second kappa shape index (κ2) is 4.48. The van der Waals surface area contributed by atoms with Gasteiger partial charge < -0.3 is 10.8 Å². The molecule has 0 aliphatic carbocycles. The van der Waals surface area contributed by atoms with Crippen LogP contribution in [0.4, 0.5) is 5.13 Å². The largest absolute Gasteiger partial charge is 0.393 e. The maximum atomic E-state index is 12.1. The fourth-order valence-corrected chi connectivity index (χ4v) is 4.24. The number of hydrogen-bond donors (Lipinski definition) is 2. The normalized spacial score (nSPS) is 24.0. The minimum absolute atomic E-state index is 0.0185. The van der Waals surface area contributed by atoms with Gasteiger partial charge in [0.1, 0.15) is 0 Å². The highest BCUT2D eigenvalue weighted by Crippen LogP contribution is 2.27. The van der Waals surface area contributed by atoms with Crippen molar-refractivity contribution < 1.29 is 13.5 Å². The Bertz CT molecular complexity index is 499. The predicted molar refractivity (Wildman–Crippen MR) is 62.9 cm³/mol. The van der Waals surface area contributed by atoms with Crippen molar-refractivity contribution in [3.05, 3.63) is 0 Å². The van der Waals surface area contributed by atoms with Crippen LogP contribution in [0.1, 0.15) is 13.3 Å². The molecule has 1 aliphatic heterocycles. The molecule has 0 aromatic carbocycles. The second-order valence-corrected chi connectivity index (χ2v) is 7.18. The fraction of sp³-hybridized carbons (Fsp3) is 0.750. The van der Waals surface area contributed by atoms with E-state index in [-0.39, 0.29) is 15.4 Å². The number of nitrogens with zero attached hydrogens (tertiary/aromatic N) is 3. The molecule has 7 nitrogen and oxygen atoms in total. The average Bonchev–Trinajstić information content (AvgIpc) is 2.85. The maximum Gasteiger partial charge on any atom is 0.272 e. The molecule has 2 rings (SSSR count). The van der Waals surface area contributed by atoms with Crippen molar-refractivity contribution in [2.45, 2.75) is 23.8 Å². The Hall–Kier alpha value is -0.770. The van der Waals surface area contributed by atoms with Gasteiger partial charge in [0.2, 0.25) is 9.47 Å². The lowest BCUT2D eigenvalue weighted by Gasteiger charge is -2.15. The summed E-state index contributed by atoms with van der Waals surface area (Å²) in [5.41, 5.74) is 5.37. The van der Waals surface area contributed by atoms with Crippen LogP contribution in [0, 0.1) is 5.92 Å². The van der Waals surface area contributed by atoms with Gasteiger partial charge in [0, 0.05) is 13.1 Å². The number of aliphatic hydroxyl groups excluding tert-OH is 1. The van der Waals surface area contributed by atoms with E-state index in [4.69, 9.17) is 5.73 Å². The molecule has 0 spiro atoms. The predicted octanol–water partition coefficient (Wildman–Crippen LogP) is -0.488. The summed E-state index contributed by atoms with van der Waals surface area (Å²) < 4.78 is 25.5. The number of anilines is 1. The summed E-state index contributed by atoms with van der Waals surface area (Å²) >= 11 is 0.855. The van der Waals surface area contributed by atoms with Gasteiger partial charge >= 0.3 is 0 Å². The fourth-order valence-electron chi connectivity index (χ4n) is 1.80. The van der Waals surface area contributed by atoms with E-state index >= 15 is 0 Å². The number of nitrogen functional groups attached to an aromatic ring is 1. The first kappa shape index (κ1) is 12.7. The van der Waals surface area contributed by atoms with E-state index in [2.05, 4.69) is 10.2 Å². The Kier molecular flexibility index (Phi) is 3.34. The van der Waals surface area contributed by atoms with E-state index in [1.54, 1.807) is 6.92 Å². The molecule has 2 atom stereocenters. The molecule has 9 heteroatoms. The number of hydrogen-bond acceptors (Lipinski definition) is 7. The van der Waals surface area contributed by atoms with Crippen LogP contribution in [-0.2, 0) is 10.0 Å². The summed E-state index contributed by atoms with van der Waals surface area (Å²) in [4.78, 5) is 0. The highest BCUT2D eigenvalue weighted by atomic mass is 32.2. The lowest BCUT2D eigenvalue weighted by molar-refractivity contribution is 0.133. The van der Waals surface area contributed by atoms with Crippen LogP contribution in [0.25, 0.3) is 0 Å². The molecule has 0 amide bonds. The molecule has 3 N–H and O–H groups in total. The first-order chi connectivity index (χ1) is 7.91. The lowest BCUT2D eigenvalue weighted by Crippen LogP contribution is -2.30. The van der Waals surface area contributed by atoms with Crippen molar-refractivity contribution in [2.75, 3.05) is 18.8 Å². The molecule has 1 aliphatic rings. The quantitative estimate of drug-likeness (QED) is 0.772. The van der Waals surface area contributed by atoms with Crippen LogP contribution in [-0.4, -0.2) is 47.2 Å². The zero-order valence-corrected chi connectivity index (χ0v) is 10.9.